The lowest BCUT2D eigenvalue weighted by Crippen LogP contribution is -2.24. The Hall–Kier alpha value is -2.57. The summed E-state index contributed by atoms with van der Waals surface area (Å²) >= 11 is 0. The summed E-state index contributed by atoms with van der Waals surface area (Å²) in [5.74, 6) is 0. The van der Waals surface area contributed by atoms with Crippen LogP contribution in [0.15, 0.2) is 40.2 Å². The standard InChI is InChI=1S/C13H15N5O2/c1-16-9-14-18(13(16)20)8-4-7-17-11-6-3-2-5-10(11)15-12(17)19/h2-3,5-6,9H,4,7-8H2,1H3,(H,15,19). The van der Waals surface area contributed by atoms with Gasteiger partial charge in [-0.2, -0.15) is 5.10 Å². The molecular formula is C13H15N5O2. The number of benzene rings is 1. The molecule has 2 aromatic heterocycles. The first kappa shape index (κ1) is 12.5. The number of nitrogens with one attached hydrogen (secondary N) is 1. The second kappa shape index (κ2) is 4.84. The Bertz CT molecular complexity index is 851. The molecule has 104 valence electrons. The quantitative estimate of drug-likeness (QED) is 0.743. The van der Waals surface area contributed by atoms with Crippen molar-refractivity contribution in [1.82, 2.24) is 23.9 Å². The zero-order chi connectivity index (χ0) is 14.1. The summed E-state index contributed by atoms with van der Waals surface area (Å²) in [6.07, 6.45) is 2.15. The van der Waals surface area contributed by atoms with E-state index in [1.54, 1.807) is 11.6 Å². The molecule has 0 aliphatic heterocycles. The van der Waals surface area contributed by atoms with Crippen LogP contribution < -0.4 is 11.4 Å². The number of rotatable bonds is 4. The molecule has 1 N–H and O–H groups in total. The number of H-pyrrole nitrogens is 1. The maximum absolute atomic E-state index is 11.9. The minimum absolute atomic E-state index is 0.125. The third kappa shape index (κ3) is 2.07. The highest BCUT2D eigenvalue weighted by molar-refractivity contribution is 5.74. The van der Waals surface area contributed by atoms with Gasteiger partial charge in [-0.15, -0.1) is 0 Å². The van der Waals surface area contributed by atoms with Crippen LogP contribution in [0.3, 0.4) is 0 Å². The lowest BCUT2D eigenvalue weighted by Gasteiger charge is -2.03. The topological polar surface area (TPSA) is 77.6 Å². The van der Waals surface area contributed by atoms with Gasteiger partial charge in [-0.05, 0) is 18.6 Å². The van der Waals surface area contributed by atoms with Crippen LogP contribution in [0.25, 0.3) is 11.0 Å². The van der Waals surface area contributed by atoms with Crippen LogP contribution >= 0.6 is 0 Å². The molecular weight excluding hydrogens is 258 g/mol. The third-order valence-corrected chi connectivity index (χ3v) is 3.32. The lowest BCUT2D eigenvalue weighted by molar-refractivity contribution is 0.511. The maximum atomic E-state index is 11.9. The summed E-state index contributed by atoms with van der Waals surface area (Å²) in [7, 11) is 1.66. The van der Waals surface area contributed by atoms with Crippen molar-refractivity contribution in [1.29, 1.82) is 0 Å². The van der Waals surface area contributed by atoms with Crippen LogP contribution in [0, 0.1) is 0 Å². The number of fused-ring (bicyclic) bond motifs is 1. The number of aryl methyl sites for hydroxylation is 3. The Labute approximate surface area is 114 Å². The molecule has 0 bridgehead atoms. The number of aromatic nitrogens is 5. The summed E-state index contributed by atoms with van der Waals surface area (Å²) in [5.41, 5.74) is 1.44. The van der Waals surface area contributed by atoms with E-state index in [0.717, 1.165) is 11.0 Å². The predicted molar refractivity (Wildman–Crippen MR) is 74.6 cm³/mol. The predicted octanol–water partition coefficient (Wildman–Crippen LogP) is 0.315. The number of aromatic amines is 1. The Morgan fingerprint density at radius 3 is 2.75 bits per heavy atom. The van der Waals surface area contributed by atoms with Crippen molar-refractivity contribution in [3.05, 3.63) is 51.6 Å². The van der Waals surface area contributed by atoms with E-state index in [4.69, 9.17) is 0 Å². The van der Waals surface area contributed by atoms with E-state index in [2.05, 4.69) is 10.1 Å². The molecule has 0 saturated heterocycles. The van der Waals surface area contributed by atoms with Gasteiger partial charge in [0.15, 0.2) is 0 Å². The van der Waals surface area contributed by atoms with E-state index in [0.29, 0.717) is 19.5 Å². The number of hydrogen-bond acceptors (Lipinski definition) is 3. The van der Waals surface area contributed by atoms with Gasteiger partial charge in [0.25, 0.3) is 0 Å². The molecule has 3 rings (SSSR count). The highest BCUT2D eigenvalue weighted by Gasteiger charge is 2.06. The molecule has 2 heterocycles. The fourth-order valence-corrected chi connectivity index (χ4v) is 2.28. The maximum Gasteiger partial charge on any atom is 0.345 e. The average Bonchev–Trinajstić information content (AvgIpc) is 2.93. The van der Waals surface area contributed by atoms with E-state index in [9.17, 15) is 9.59 Å². The molecule has 7 nitrogen and oxygen atoms in total. The van der Waals surface area contributed by atoms with Crippen molar-refractivity contribution in [2.24, 2.45) is 7.05 Å². The lowest BCUT2D eigenvalue weighted by atomic mass is 10.3. The summed E-state index contributed by atoms with van der Waals surface area (Å²) in [4.78, 5) is 26.3. The van der Waals surface area contributed by atoms with Gasteiger partial charge < -0.3 is 4.98 Å². The van der Waals surface area contributed by atoms with E-state index >= 15 is 0 Å². The van der Waals surface area contributed by atoms with Gasteiger partial charge in [-0.3, -0.25) is 9.13 Å². The van der Waals surface area contributed by atoms with Gasteiger partial charge in [0.2, 0.25) is 0 Å². The van der Waals surface area contributed by atoms with Crippen LogP contribution in [0.5, 0.6) is 0 Å². The molecule has 7 heteroatoms. The zero-order valence-electron chi connectivity index (χ0n) is 11.1. The number of para-hydroxylation sites is 2. The number of imidazole rings is 1. The molecule has 0 saturated carbocycles. The first-order chi connectivity index (χ1) is 9.66. The number of hydrogen-bond donors (Lipinski definition) is 1. The minimum Gasteiger partial charge on any atom is -0.306 e. The molecule has 0 atom stereocenters. The summed E-state index contributed by atoms with van der Waals surface area (Å²) in [6, 6.07) is 7.56. The monoisotopic (exact) mass is 273 g/mol. The Morgan fingerprint density at radius 1 is 1.20 bits per heavy atom. The van der Waals surface area contributed by atoms with E-state index < -0.39 is 0 Å². The van der Waals surface area contributed by atoms with Crippen molar-refractivity contribution in [2.45, 2.75) is 19.5 Å². The highest BCUT2D eigenvalue weighted by Crippen LogP contribution is 2.09. The Kier molecular flexibility index (Phi) is 3.02. The Balaban J connectivity index is 1.78. The first-order valence-corrected chi connectivity index (χ1v) is 6.43. The summed E-state index contributed by atoms with van der Waals surface area (Å²) in [6.45, 7) is 1.04. The first-order valence-electron chi connectivity index (χ1n) is 6.43. The Morgan fingerprint density at radius 2 is 2.00 bits per heavy atom. The van der Waals surface area contributed by atoms with Crippen molar-refractivity contribution < 1.29 is 0 Å². The van der Waals surface area contributed by atoms with Crippen LogP contribution in [0.1, 0.15) is 6.42 Å². The number of nitrogens with zero attached hydrogens (tertiary/aromatic N) is 4. The van der Waals surface area contributed by atoms with Gasteiger partial charge in [0.05, 0.1) is 11.0 Å². The van der Waals surface area contributed by atoms with Crippen molar-refractivity contribution in [3.8, 4) is 0 Å². The molecule has 0 aliphatic rings. The third-order valence-electron chi connectivity index (χ3n) is 3.32. The van der Waals surface area contributed by atoms with E-state index in [1.807, 2.05) is 24.3 Å². The van der Waals surface area contributed by atoms with Crippen LogP contribution in [0.4, 0.5) is 0 Å². The average molecular weight is 273 g/mol. The second-order valence-corrected chi connectivity index (χ2v) is 4.70. The van der Waals surface area contributed by atoms with Crippen LogP contribution in [-0.2, 0) is 20.1 Å². The van der Waals surface area contributed by atoms with Crippen molar-refractivity contribution in [3.63, 3.8) is 0 Å². The van der Waals surface area contributed by atoms with E-state index in [-0.39, 0.29) is 11.4 Å². The van der Waals surface area contributed by atoms with Crippen LogP contribution in [0.2, 0.25) is 0 Å². The van der Waals surface area contributed by atoms with Crippen LogP contribution in [-0.4, -0.2) is 23.9 Å². The summed E-state index contributed by atoms with van der Waals surface area (Å²) in [5, 5.41) is 3.99. The van der Waals surface area contributed by atoms with Gasteiger partial charge in [0, 0.05) is 20.1 Å². The second-order valence-electron chi connectivity index (χ2n) is 4.70. The fourth-order valence-electron chi connectivity index (χ4n) is 2.28. The van der Waals surface area contributed by atoms with Gasteiger partial charge in [-0.1, -0.05) is 12.1 Å². The molecule has 1 aromatic carbocycles. The summed E-state index contributed by atoms with van der Waals surface area (Å²) < 4.78 is 4.51. The largest absolute Gasteiger partial charge is 0.345 e. The van der Waals surface area contributed by atoms with Gasteiger partial charge in [-0.25, -0.2) is 14.3 Å². The van der Waals surface area contributed by atoms with Crippen molar-refractivity contribution >= 4 is 11.0 Å². The molecule has 0 unspecified atom stereocenters. The molecule has 20 heavy (non-hydrogen) atoms. The normalized spacial score (nSPS) is 11.2. The molecule has 3 aromatic rings. The minimum atomic E-state index is -0.142. The molecule has 0 radical (unpaired) electrons. The SMILES string of the molecule is Cn1cnn(CCCn2c(=O)[nH]c3ccccc32)c1=O. The zero-order valence-corrected chi connectivity index (χ0v) is 11.1. The molecule has 0 aliphatic carbocycles. The molecule has 0 spiro atoms. The van der Waals surface area contributed by atoms with Gasteiger partial charge >= 0.3 is 11.4 Å². The fraction of sp³-hybridized carbons (Fsp3) is 0.308. The smallest absolute Gasteiger partial charge is 0.306 e. The highest BCUT2D eigenvalue weighted by atomic mass is 16.2. The van der Waals surface area contributed by atoms with E-state index in [1.165, 1.54) is 15.6 Å². The van der Waals surface area contributed by atoms with Crippen molar-refractivity contribution in [2.75, 3.05) is 0 Å². The molecule has 0 fully saturated rings. The molecule has 0 amide bonds. The van der Waals surface area contributed by atoms with Gasteiger partial charge in [0.1, 0.15) is 6.33 Å².